The van der Waals surface area contributed by atoms with E-state index in [1.54, 1.807) is 11.3 Å². The number of anilines is 1. The summed E-state index contributed by atoms with van der Waals surface area (Å²) in [6, 6.07) is 15.9. The first-order chi connectivity index (χ1) is 31.4. The summed E-state index contributed by atoms with van der Waals surface area (Å²) in [6.07, 6.45) is 1.28. The maximum atomic E-state index is 14.0. The second kappa shape index (κ2) is 22.4. The summed E-state index contributed by atoms with van der Waals surface area (Å²) < 4.78 is 24.6. The molecule has 7 rings (SSSR count). The van der Waals surface area contributed by atoms with Crippen LogP contribution in [0.4, 0.5) is 5.82 Å². The Morgan fingerprint density at radius 2 is 1.54 bits per heavy atom. The van der Waals surface area contributed by atoms with Gasteiger partial charge in [-0.15, -0.1) is 11.3 Å². The van der Waals surface area contributed by atoms with E-state index in [1.807, 2.05) is 93.2 Å². The number of aryl methyl sites for hydroxylation is 1. The van der Waals surface area contributed by atoms with Gasteiger partial charge in [0.05, 0.1) is 85.5 Å². The van der Waals surface area contributed by atoms with Gasteiger partial charge in [-0.25, -0.2) is 9.97 Å². The van der Waals surface area contributed by atoms with Crippen LogP contribution in [0.25, 0.3) is 27.3 Å². The number of para-hydroxylation sites is 2. The smallest absolute Gasteiger partial charge is 0.246 e. The molecule has 350 valence electrons. The Morgan fingerprint density at radius 1 is 0.862 bits per heavy atom. The molecule has 65 heavy (non-hydrogen) atoms. The van der Waals surface area contributed by atoms with Gasteiger partial charge in [0, 0.05) is 51.9 Å². The lowest BCUT2D eigenvalue weighted by atomic mass is 9.85. The molecular formula is C47H63N9O8S. The molecule has 2 aliphatic heterocycles. The highest BCUT2D eigenvalue weighted by Gasteiger charge is 2.44. The first kappa shape index (κ1) is 47.9. The van der Waals surface area contributed by atoms with Crippen LogP contribution < -0.4 is 15.5 Å². The van der Waals surface area contributed by atoms with E-state index in [9.17, 15) is 19.5 Å². The van der Waals surface area contributed by atoms with Gasteiger partial charge < -0.3 is 44.5 Å². The molecule has 0 bridgehead atoms. The standard InChI is InChI=1S/C47H63N9O8S/c1-32(34-10-12-35(13-11-34)42-33(2)48-31-65-42)49-44(59)39-28-36(57)29-56(39)45(60)43(47(3,4)5)52-41(58)30-64-27-26-63-25-24-62-23-22-61-21-20-53-16-18-54(19-17-53)40-14-15-55-38-9-7-6-8-37(38)50-46(55)51-40/h6-15,31-32,36,39,43,57H,16-30H2,1-5H3,(H,49,59)(H,52,58)/t32?,36-,39+,43?/m1/s1. The van der Waals surface area contributed by atoms with Crippen molar-refractivity contribution in [1.29, 1.82) is 0 Å². The number of β-amino-alcohol motifs (C(OH)–C–C–N with tert-alkyl or cyclic N) is 1. The summed E-state index contributed by atoms with van der Waals surface area (Å²) in [6.45, 7) is 16.4. The minimum absolute atomic E-state index is 0.0109. The van der Waals surface area contributed by atoms with Crippen LogP contribution in [0, 0.1) is 12.3 Å². The number of amides is 3. The molecule has 2 fully saturated rings. The summed E-state index contributed by atoms with van der Waals surface area (Å²) >= 11 is 1.58. The Kier molecular flexibility index (Phi) is 16.5. The quantitative estimate of drug-likeness (QED) is 0.0903. The van der Waals surface area contributed by atoms with Gasteiger partial charge in [-0.3, -0.25) is 23.7 Å². The fourth-order valence-corrected chi connectivity index (χ4v) is 8.96. The van der Waals surface area contributed by atoms with Gasteiger partial charge in [-0.05, 0) is 48.6 Å². The number of carbonyl (C=O) groups excluding carboxylic acids is 3. The third-order valence-electron chi connectivity index (χ3n) is 11.8. The SMILES string of the molecule is Cc1ncsc1-c1ccc(C(C)NC(=O)[C@@H]2C[C@@H](O)CN2C(=O)C(NC(=O)COCCOCCOCCOCCN2CCN(c3ccn4c(n3)nc3ccccc34)CC2)C(C)(C)C)cc1. The average molecular weight is 914 g/mol. The summed E-state index contributed by atoms with van der Waals surface area (Å²) in [5, 5.41) is 16.4. The third-order valence-corrected chi connectivity index (χ3v) is 12.8. The number of hydrogen-bond donors (Lipinski definition) is 3. The highest BCUT2D eigenvalue weighted by Crippen LogP contribution is 2.30. The summed E-state index contributed by atoms with van der Waals surface area (Å²) in [7, 11) is 0. The predicted molar refractivity (Wildman–Crippen MR) is 249 cm³/mol. The molecule has 2 aliphatic rings. The van der Waals surface area contributed by atoms with E-state index >= 15 is 0 Å². The largest absolute Gasteiger partial charge is 0.391 e. The van der Waals surface area contributed by atoms with Gasteiger partial charge in [0.1, 0.15) is 24.5 Å². The molecule has 5 heterocycles. The third kappa shape index (κ3) is 12.6. The van der Waals surface area contributed by atoms with Crippen LogP contribution in [0.15, 0.2) is 66.3 Å². The second-order valence-corrected chi connectivity index (χ2v) is 18.5. The molecular weight excluding hydrogens is 851 g/mol. The Hall–Kier alpha value is -5.08. The zero-order chi connectivity index (χ0) is 45.9. The number of benzene rings is 2. The number of thiazole rings is 1. The Balaban J connectivity index is 0.725. The average Bonchev–Trinajstić information content (AvgIpc) is 4.02. The molecule has 17 nitrogen and oxygen atoms in total. The van der Waals surface area contributed by atoms with E-state index in [0.717, 1.165) is 77.1 Å². The zero-order valence-electron chi connectivity index (χ0n) is 38.1. The van der Waals surface area contributed by atoms with Crippen LogP contribution in [0.2, 0.25) is 0 Å². The van der Waals surface area contributed by atoms with Crippen LogP contribution in [-0.2, 0) is 33.3 Å². The predicted octanol–water partition coefficient (Wildman–Crippen LogP) is 3.87. The molecule has 0 aliphatic carbocycles. The van der Waals surface area contributed by atoms with Crippen molar-refractivity contribution in [2.45, 2.75) is 65.3 Å². The van der Waals surface area contributed by atoms with E-state index in [0.29, 0.717) is 33.0 Å². The van der Waals surface area contributed by atoms with Crippen molar-refractivity contribution in [3.8, 4) is 10.4 Å². The second-order valence-electron chi connectivity index (χ2n) is 17.7. The number of carbonyl (C=O) groups is 3. The van der Waals surface area contributed by atoms with E-state index < -0.39 is 35.4 Å². The van der Waals surface area contributed by atoms with Crippen molar-refractivity contribution < 1.29 is 38.4 Å². The molecule has 18 heteroatoms. The van der Waals surface area contributed by atoms with Crippen molar-refractivity contribution in [3.05, 3.63) is 77.6 Å². The summed E-state index contributed by atoms with van der Waals surface area (Å²) in [5.74, 6) is 0.401. The van der Waals surface area contributed by atoms with Gasteiger partial charge in [-0.2, -0.15) is 4.98 Å². The topological polar surface area (TPSA) is 185 Å². The number of imidazole rings is 1. The Bertz CT molecular complexity index is 2340. The first-order valence-electron chi connectivity index (χ1n) is 22.5. The molecule has 5 aromatic rings. The fourth-order valence-electron chi connectivity index (χ4n) is 8.15. The molecule has 2 aromatic carbocycles. The zero-order valence-corrected chi connectivity index (χ0v) is 38.9. The number of hydrogen-bond acceptors (Lipinski definition) is 14. The number of likely N-dealkylation sites (tertiary alicyclic amines) is 1. The number of ether oxygens (including phenoxy) is 4. The number of nitrogens with zero attached hydrogens (tertiary/aromatic N) is 7. The normalized spacial score (nSPS) is 18.1. The maximum Gasteiger partial charge on any atom is 0.246 e. The molecule has 0 spiro atoms. The highest BCUT2D eigenvalue weighted by atomic mass is 32.1. The molecule has 3 N–H and O–H groups in total. The number of fused-ring (bicyclic) bond motifs is 3. The molecule has 0 saturated carbocycles. The van der Waals surface area contributed by atoms with Gasteiger partial charge in [0.25, 0.3) is 0 Å². The van der Waals surface area contributed by atoms with Crippen LogP contribution in [0.5, 0.6) is 0 Å². The fraction of sp³-hybridized carbons (Fsp3) is 0.532. The minimum atomic E-state index is -0.956. The van der Waals surface area contributed by atoms with Gasteiger partial charge in [0.2, 0.25) is 23.5 Å². The van der Waals surface area contributed by atoms with Crippen LogP contribution in [-0.4, -0.2) is 162 Å². The van der Waals surface area contributed by atoms with Crippen molar-refractivity contribution in [1.82, 2.24) is 39.8 Å². The van der Waals surface area contributed by atoms with Gasteiger partial charge in [0.15, 0.2) is 0 Å². The molecule has 3 aromatic heterocycles. The van der Waals surface area contributed by atoms with Crippen LogP contribution in [0.1, 0.15) is 51.4 Å². The molecule has 2 unspecified atom stereocenters. The maximum absolute atomic E-state index is 14.0. The van der Waals surface area contributed by atoms with Crippen molar-refractivity contribution in [3.63, 3.8) is 0 Å². The van der Waals surface area contributed by atoms with Crippen molar-refractivity contribution in [2.75, 3.05) is 97.0 Å². The van der Waals surface area contributed by atoms with E-state index in [1.165, 1.54) is 4.90 Å². The Labute approximate surface area is 384 Å². The highest BCUT2D eigenvalue weighted by molar-refractivity contribution is 7.13. The molecule has 0 radical (unpaired) electrons. The number of aliphatic hydroxyl groups excluding tert-OH is 1. The first-order valence-corrected chi connectivity index (χ1v) is 23.3. The monoisotopic (exact) mass is 913 g/mol. The van der Waals surface area contributed by atoms with Crippen LogP contribution >= 0.6 is 11.3 Å². The number of aromatic nitrogens is 4. The number of rotatable bonds is 21. The Morgan fingerprint density at radius 3 is 2.22 bits per heavy atom. The lowest BCUT2D eigenvalue weighted by molar-refractivity contribution is -0.144. The van der Waals surface area contributed by atoms with E-state index in [-0.39, 0.29) is 44.7 Å². The molecule has 4 atom stereocenters. The molecule has 3 amide bonds. The minimum Gasteiger partial charge on any atom is -0.391 e. The number of nitrogens with one attached hydrogen (secondary N) is 2. The van der Waals surface area contributed by atoms with E-state index in [2.05, 4.69) is 42.5 Å². The van der Waals surface area contributed by atoms with E-state index in [4.69, 9.17) is 23.9 Å². The lowest BCUT2D eigenvalue weighted by Crippen LogP contribution is -2.58. The van der Waals surface area contributed by atoms with Gasteiger partial charge >= 0.3 is 0 Å². The van der Waals surface area contributed by atoms with Crippen molar-refractivity contribution >= 4 is 51.7 Å². The number of piperazine rings is 1. The molecule has 2 saturated heterocycles. The van der Waals surface area contributed by atoms with Crippen molar-refractivity contribution in [2.24, 2.45) is 5.41 Å². The summed E-state index contributed by atoms with van der Waals surface area (Å²) in [4.78, 5) is 61.6. The number of aliphatic hydroxyl groups is 1. The lowest BCUT2D eigenvalue weighted by Gasteiger charge is -2.35. The summed E-state index contributed by atoms with van der Waals surface area (Å²) in [5.41, 5.74) is 6.06. The van der Waals surface area contributed by atoms with Crippen LogP contribution in [0.3, 0.4) is 0 Å². The van der Waals surface area contributed by atoms with Gasteiger partial charge in [-0.1, -0.05) is 57.2 Å².